The molecule has 2 atom stereocenters. The molecule has 3 aliphatic rings. The van der Waals surface area contributed by atoms with Gasteiger partial charge in [-0.05, 0) is 49.4 Å². The van der Waals surface area contributed by atoms with Gasteiger partial charge < -0.3 is 10.0 Å². The number of piperidine rings is 2. The van der Waals surface area contributed by atoms with Crippen molar-refractivity contribution in [3.8, 4) is 6.07 Å². The standard InChI is InChI=1S/C28H32N6O4/c1-3-27(4-2)17-33(15-18-5-6-19(13-29)30-14-18)12-11-28(27,38)23-9-7-20-21(31-23)16-34(26(20)37)22-8-10-24(35)32-25(22)36/h5-7,9,14,22,38H,3-4,8,10-12,15-17H2,1-2H3,(H,32,35,36). The fraction of sp³-hybridized carbons (Fsp3) is 0.500. The van der Waals surface area contributed by atoms with Crippen molar-refractivity contribution >= 4 is 17.7 Å². The second kappa shape index (κ2) is 9.89. The third kappa shape index (κ3) is 4.25. The lowest BCUT2D eigenvalue weighted by Gasteiger charge is -2.53. The number of imide groups is 1. The molecule has 2 aromatic rings. The Bertz CT molecular complexity index is 1320. The highest BCUT2D eigenvalue weighted by Gasteiger charge is 2.54. The van der Waals surface area contributed by atoms with Gasteiger partial charge in [-0.25, -0.2) is 4.98 Å². The third-order valence-electron chi connectivity index (χ3n) is 8.69. The van der Waals surface area contributed by atoms with Gasteiger partial charge in [0.05, 0.1) is 23.5 Å². The molecule has 0 aromatic carbocycles. The number of nitrogens with one attached hydrogen (secondary N) is 1. The van der Waals surface area contributed by atoms with E-state index >= 15 is 0 Å². The van der Waals surface area contributed by atoms with Gasteiger partial charge in [-0.15, -0.1) is 0 Å². The summed E-state index contributed by atoms with van der Waals surface area (Å²) >= 11 is 0. The van der Waals surface area contributed by atoms with Crippen LogP contribution in [0.3, 0.4) is 0 Å². The molecule has 0 aliphatic carbocycles. The van der Waals surface area contributed by atoms with Gasteiger partial charge in [0.2, 0.25) is 11.8 Å². The Morgan fingerprint density at radius 1 is 1.18 bits per heavy atom. The van der Waals surface area contributed by atoms with Gasteiger partial charge in [-0.3, -0.25) is 29.6 Å². The number of likely N-dealkylation sites (tertiary alicyclic amines) is 1. The quantitative estimate of drug-likeness (QED) is 0.556. The van der Waals surface area contributed by atoms with E-state index < -0.39 is 23.0 Å². The predicted molar refractivity (Wildman–Crippen MR) is 136 cm³/mol. The summed E-state index contributed by atoms with van der Waals surface area (Å²) in [4.78, 5) is 49.9. The van der Waals surface area contributed by atoms with E-state index in [2.05, 4.69) is 29.0 Å². The highest BCUT2D eigenvalue weighted by atomic mass is 16.3. The van der Waals surface area contributed by atoms with E-state index in [0.717, 1.165) is 18.4 Å². The van der Waals surface area contributed by atoms with E-state index in [1.54, 1.807) is 24.4 Å². The average molecular weight is 517 g/mol. The van der Waals surface area contributed by atoms with Crippen molar-refractivity contribution in [3.63, 3.8) is 0 Å². The Labute approximate surface area is 221 Å². The molecule has 5 rings (SSSR count). The number of carbonyl (C=O) groups excluding carboxylic acids is 3. The van der Waals surface area contributed by atoms with Crippen molar-refractivity contribution < 1.29 is 19.5 Å². The van der Waals surface area contributed by atoms with Crippen molar-refractivity contribution in [2.45, 2.75) is 70.7 Å². The van der Waals surface area contributed by atoms with Gasteiger partial charge in [-0.2, -0.15) is 5.26 Å². The number of aromatic nitrogens is 2. The monoisotopic (exact) mass is 516 g/mol. The van der Waals surface area contributed by atoms with Crippen LogP contribution in [0, 0.1) is 16.7 Å². The van der Waals surface area contributed by atoms with E-state index in [9.17, 15) is 19.5 Å². The van der Waals surface area contributed by atoms with Crippen molar-refractivity contribution in [2.24, 2.45) is 5.41 Å². The Morgan fingerprint density at radius 2 is 1.97 bits per heavy atom. The fourth-order valence-electron chi connectivity index (χ4n) is 6.32. The van der Waals surface area contributed by atoms with Crippen LogP contribution in [0.1, 0.15) is 79.0 Å². The zero-order valence-corrected chi connectivity index (χ0v) is 21.7. The minimum absolute atomic E-state index is 0.174. The van der Waals surface area contributed by atoms with Gasteiger partial charge in [0, 0.05) is 37.7 Å². The number of nitriles is 1. The average Bonchev–Trinajstić information content (AvgIpc) is 3.25. The topological polar surface area (TPSA) is 140 Å². The molecular weight excluding hydrogens is 484 g/mol. The van der Waals surface area contributed by atoms with Crippen molar-refractivity contribution in [1.29, 1.82) is 5.26 Å². The lowest BCUT2D eigenvalue weighted by Crippen LogP contribution is -2.57. The lowest BCUT2D eigenvalue weighted by molar-refractivity contribution is -0.151. The first kappa shape index (κ1) is 25.9. The molecule has 2 aromatic heterocycles. The van der Waals surface area contributed by atoms with Gasteiger partial charge in [0.15, 0.2) is 0 Å². The zero-order chi connectivity index (χ0) is 27.1. The molecule has 10 heteroatoms. The van der Waals surface area contributed by atoms with E-state index in [0.29, 0.717) is 55.1 Å². The summed E-state index contributed by atoms with van der Waals surface area (Å²) in [7, 11) is 0. The first-order valence-corrected chi connectivity index (χ1v) is 13.2. The molecule has 38 heavy (non-hydrogen) atoms. The van der Waals surface area contributed by atoms with Crippen molar-refractivity contribution in [2.75, 3.05) is 13.1 Å². The summed E-state index contributed by atoms with van der Waals surface area (Å²) in [6, 6.07) is 8.45. The second-order valence-electron chi connectivity index (χ2n) is 10.6. The van der Waals surface area contributed by atoms with Crippen LogP contribution in [-0.4, -0.2) is 61.7 Å². The summed E-state index contributed by atoms with van der Waals surface area (Å²) < 4.78 is 0. The normalized spacial score (nSPS) is 25.2. The molecule has 3 amide bonds. The van der Waals surface area contributed by atoms with Crippen LogP contribution in [-0.2, 0) is 28.3 Å². The molecule has 5 heterocycles. The Hall–Kier alpha value is -3.68. The van der Waals surface area contributed by atoms with Crippen molar-refractivity contribution in [3.05, 3.63) is 58.7 Å². The zero-order valence-electron chi connectivity index (χ0n) is 21.7. The summed E-state index contributed by atoms with van der Waals surface area (Å²) in [5, 5.41) is 23.6. The van der Waals surface area contributed by atoms with Crippen LogP contribution < -0.4 is 5.32 Å². The number of nitrogens with zero attached hydrogens (tertiary/aromatic N) is 5. The minimum atomic E-state index is -1.18. The number of fused-ring (bicyclic) bond motifs is 1. The Balaban J connectivity index is 1.38. The number of hydrogen-bond donors (Lipinski definition) is 2. The number of rotatable bonds is 6. The highest BCUT2D eigenvalue weighted by molar-refractivity contribution is 6.05. The molecule has 2 N–H and O–H groups in total. The molecule has 2 saturated heterocycles. The molecule has 2 unspecified atom stereocenters. The van der Waals surface area contributed by atoms with Gasteiger partial charge in [0.1, 0.15) is 23.4 Å². The second-order valence-corrected chi connectivity index (χ2v) is 10.6. The highest BCUT2D eigenvalue weighted by Crippen LogP contribution is 2.50. The molecule has 2 fully saturated rings. The summed E-state index contributed by atoms with van der Waals surface area (Å²) in [5.74, 6) is -1.05. The van der Waals surface area contributed by atoms with Crippen LogP contribution in [0.5, 0.6) is 0 Å². The molecule has 198 valence electrons. The number of pyridine rings is 2. The first-order valence-electron chi connectivity index (χ1n) is 13.2. The van der Waals surface area contributed by atoms with Gasteiger partial charge in [0.25, 0.3) is 5.91 Å². The maximum atomic E-state index is 13.1. The van der Waals surface area contributed by atoms with E-state index in [1.807, 2.05) is 12.1 Å². The maximum Gasteiger partial charge on any atom is 0.256 e. The van der Waals surface area contributed by atoms with Gasteiger partial charge >= 0.3 is 0 Å². The SMILES string of the molecule is CCC1(CC)CN(Cc2ccc(C#N)nc2)CCC1(O)c1ccc2c(n1)CN(C1CCC(=O)NC1=O)C2=O. The first-order chi connectivity index (χ1) is 18.2. The summed E-state index contributed by atoms with van der Waals surface area (Å²) in [5.41, 5.74) is 1.30. The predicted octanol–water partition coefficient (Wildman–Crippen LogP) is 2.01. The Morgan fingerprint density at radius 3 is 2.63 bits per heavy atom. The molecule has 3 aliphatic heterocycles. The molecule has 0 radical (unpaired) electrons. The van der Waals surface area contributed by atoms with E-state index in [4.69, 9.17) is 10.2 Å². The number of hydrogen-bond acceptors (Lipinski definition) is 8. The molecule has 0 bridgehead atoms. The van der Waals surface area contributed by atoms with Crippen LogP contribution >= 0.6 is 0 Å². The van der Waals surface area contributed by atoms with Crippen LogP contribution in [0.15, 0.2) is 30.5 Å². The van der Waals surface area contributed by atoms with Crippen LogP contribution in [0.4, 0.5) is 0 Å². The number of aliphatic hydroxyl groups is 1. The minimum Gasteiger partial charge on any atom is -0.383 e. The number of amides is 3. The molecular formula is C28H32N6O4. The van der Waals surface area contributed by atoms with E-state index in [-0.39, 0.29) is 24.8 Å². The van der Waals surface area contributed by atoms with Crippen LogP contribution in [0.25, 0.3) is 0 Å². The summed E-state index contributed by atoms with van der Waals surface area (Å²) in [6.45, 7) is 6.33. The van der Waals surface area contributed by atoms with Crippen molar-refractivity contribution in [1.82, 2.24) is 25.1 Å². The molecule has 0 saturated carbocycles. The fourth-order valence-corrected chi connectivity index (χ4v) is 6.32. The molecule has 10 nitrogen and oxygen atoms in total. The summed E-state index contributed by atoms with van der Waals surface area (Å²) in [6.07, 6.45) is 4.17. The largest absolute Gasteiger partial charge is 0.383 e. The molecule has 0 spiro atoms. The van der Waals surface area contributed by atoms with E-state index in [1.165, 1.54) is 4.90 Å². The smallest absolute Gasteiger partial charge is 0.256 e. The number of carbonyl (C=O) groups is 3. The third-order valence-corrected chi connectivity index (χ3v) is 8.69. The van der Waals surface area contributed by atoms with Gasteiger partial charge in [-0.1, -0.05) is 19.9 Å². The Kier molecular flexibility index (Phi) is 6.75. The maximum absolute atomic E-state index is 13.1. The van der Waals surface area contributed by atoms with Crippen LogP contribution in [0.2, 0.25) is 0 Å². The lowest BCUT2D eigenvalue weighted by atomic mass is 9.62.